The first-order chi connectivity index (χ1) is 32.5. The van der Waals surface area contributed by atoms with Gasteiger partial charge in [-0.2, -0.15) is 0 Å². The summed E-state index contributed by atoms with van der Waals surface area (Å²) in [6.07, 6.45) is 0. The Morgan fingerprint density at radius 2 is 0.803 bits per heavy atom. The summed E-state index contributed by atoms with van der Waals surface area (Å²) in [7, 11) is 0. The van der Waals surface area contributed by atoms with Gasteiger partial charge in [0.1, 0.15) is 0 Å². The van der Waals surface area contributed by atoms with Crippen LogP contribution in [0.4, 0.5) is 17.1 Å². The van der Waals surface area contributed by atoms with Crippen molar-refractivity contribution in [2.24, 2.45) is 0 Å². The van der Waals surface area contributed by atoms with Crippen LogP contribution in [0.1, 0.15) is 25.0 Å². The maximum absolute atomic E-state index is 2.48. The van der Waals surface area contributed by atoms with Gasteiger partial charge in [0, 0.05) is 60.5 Å². The number of benzene rings is 10. The van der Waals surface area contributed by atoms with E-state index in [0.29, 0.717) is 0 Å². The van der Waals surface area contributed by atoms with E-state index in [1.165, 1.54) is 104 Å². The van der Waals surface area contributed by atoms with E-state index in [2.05, 4.69) is 252 Å². The largest absolute Gasteiger partial charge is 0.310 e. The normalized spacial score (nSPS) is 13.1. The summed E-state index contributed by atoms with van der Waals surface area (Å²) >= 11 is 0. The smallest absolute Gasteiger partial charge is 0.0620 e. The maximum atomic E-state index is 2.48. The molecule has 0 amide bonds. The lowest BCUT2D eigenvalue weighted by molar-refractivity contribution is 0.660. The van der Waals surface area contributed by atoms with Crippen LogP contribution in [-0.2, 0) is 5.41 Å². The fraction of sp³-hybridized carbons (Fsp3) is 0.0476. The lowest BCUT2D eigenvalue weighted by Gasteiger charge is -2.28. The van der Waals surface area contributed by atoms with Gasteiger partial charge in [0.05, 0.1) is 27.6 Å². The molecule has 0 N–H and O–H groups in total. The third-order valence-corrected chi connectivity index (χ3v) is 14.7. The SMILES string of the molecule is CC1(C)c2cc(-c3ccc4c5cccc6c7ccccc7n(c4c3)c65)ccc2-c2ccc(N(c3ccc(-c4ccccc4)cc3)c3ccc(-n4c5ccccc5c5ccccc54)cc3)cc21. The van der Waals surface area contributed by atoms with Crippen LogP contribution in [0.5, 0.6) is 0 Å². The predicted octanol–water partition coefficient (Wildman–Crippen LogP) is 17.0. The Morgan fingerprint density at radius 1 is 0.333 bits per heavy atom. The van der Waals surface area contributed by atoms with Crippen molar-refractivity contribution in [3.63, 3.8) is 0 Å². The van der Waals surface area contributed by atoms with E-state index in [9.17, 15) is 0 Å². The molecule has 0 aliphatic heterocycles. The maximum Gasteiger partial charge on any atom is 0.0620 e. The molecule has 0 unspecified atom stereocenters. The molecule has 310 valence electrons. The second kappa shape index (κ2) is 13.8. The molecule has 0 bridgehead atoms. The molecule has 0 saturated carbocycles. The molecule has 0 spiro atoms. The highest BCUT2D eigenvalue weighted by molar-refractivity contribution is 6.23. The number of hydrogen-bond donors (Lipinski definition) is 0. The van der Waals surface area contributed by atoms with Gasteiger partial charge in [-0.25, -0.2) is 0 Å². The molecule has 3 aromatic heterocycles. The van der Waals surface area contributed by atoms with E-state index in [0.717, 1.165) is 22.7 Å². The van der Waals surface area contributed by atoms with Crippen LogP contribution < -0.4 is 4.90 Å². The average molecular weight is 842 g/mol. The Bertz CT molecular complexity index is 4000. The number of anilines is 3. The Kier molecular flexibility index (Phi) is 7.74. The number of hydrogen-bond acceptors (Lipinski definition) is 1. The van der Waals surface area contributed by atoms with Crippen LogP contribution >= 0.6 is 0 Å². The van der Waals surface area contributed by atoms with Gasteiger partial charge >= 0.3 is 0 Å². The van der Waals surface area contributed by atoms with Gasteiger partial charge < -0.3 is 13.9 Å². The summed E-state index contributed by atoms with van der Waals surface area (Å²) in [5.41, 5.74) is 20.7. The summed E-state index contributed by atoms with van der Waals surface area (Å²) in [5, 5.41) is 7.76. The van der Waals surface area contributed by atoms with Crippen LogP contribution in [0.15, 0.2) is 224 Å². The van der Waals surface area contributed by atoms with Crippen molar-refractivity contribution in [2.75, 3.05) is 4.90 Å². The van der Waals surface area contributed by atoms with Crippen molar-refractivity contribution >= 4 is 77.0 Å². The number of para-hydroxylation sites is 4. The number of aromatic nitrogens is 2. The van der Waals surface area contributed by atoms with E-state index in [1.54, 1.807) is 0 Å². The molecule has 14 rings (SSSR count). The van der Waals surface area contributed by atoms with Crippen molar-refractivity contribution in [1.29, 1.82) is 0 Å². The van der Waals surface area contributed by atoms with Gasteiger partial charge in [-0.3, -0.25) is 0 Å². The van der Waals surface area contributed by atoms with Crippen molar-refractivity contribution in [2.45, 2.75) is 19.3 Å². The highest BCUT2D eigenvalue weighted by Crippen LogP contribution is 2.52. The first-order valence-corrected chi connectivity index (χ1v) is 23.0. The van der Waals surface area contributed by atoms with Crippen LogP contribution in [0.25, 0.3) is 99.0 Å². The lowest BCUT2D eigenvalue weighted by atomic mass is 9.81. The topological polar surface area (TPSA) is 12.6 Å². The van der Waals surface area contributed by atoms with E-state index in [-0.39, 0.29) is 5.41 Å². The molecule has 3 nitrogen and oxygen atoms in total. The molecule has 13 aromatic rings. The van der Waals surface area contributed by atoms with Crippen LogP contribution in [0.2, 0.25) is 0 Å². The summed E-state index contributed by atoms with van der Waals surface area (Å²) < 4.78 is 4.87. The minimum Gasteiger partial charge on any atom is -0.310 e. The molecule has 3 heteroatoms. The number of fused-ring (bicyclic) bond motifs is 12. The summed E-state index contributed by atoms with van der Waals surface area (Å²) in [6, 6.07) is 83.0. The zero-order chi connectivity index (χ0) is 43.7. The minimum atomic E-state index is -0.227. The molecule has 0 atom stereocenters. The fourth-order valence-electron chi connectivity index (χ4n) is 11.5. The molecule has 1 aliphatic rings. The van der Waals surface area contributed by atoms with Crippen molar-refractivity contribution in [3.8, 4) is 39.1 Å². The zero-order valence-electron chi connectivity index (χ0n) is 36.7. The Balaban J connectivity index is 0.870. The summed E-state index contributed by atoms with van der Waals surface area (Å²) in [5.74, 6) is 0. The Labute approximate surface area is 383 Å². The van der Waals surface area contributed by atoms with Gasteiger partial charge in [-0.1, -0.05) is 159 Å². The average Bonchev–Trinajstić information content (AvgIpc) is 4.07. The van der Waals surface area contributed by atoms with Crippen LogP contribution in [-0.4, -0.2) is 8.97 Å². The van der Waals surface area contributed by atoms with Gasteiger partial charge in [-0.05, 0) is 123 Å². The van der Waals surface area contributed by atoms with Gasteiger partial charge in [-0.15, -0.1) is 0 Å². The van der Waals surface area contributed by atoms with Gasteiger partial charge in [0.25, 0.3) is 0 Å². The monoisotopic (exact) mass is 841 g/mol. The third-order valence-electron chi connectivity index (χ3n) is 14.7. The van der Waals surface area contributed by atoms with Crippen molar-refractivity contribution in [3.05, 3.63) is 236 Å². The lowest BCUT2D eigenvalue weighted by Crippen LogP contribution is -2.16. The van der Waals surface area contributed by atoms with Crippen LogP contribution in [0.3, 0.4) is 0 Å². The fourth-order valence-corrected chi connectivity index (χ4v) is 11.5. The first kappa shape index (κ1) is 37.0. The van der Waals surface area contributed by atoms with E-state index >= 15 is 0 Å². The second-order valence-electron chi connectivity index (χ2n) is 18.5. The summed E-state index contributed by atoms with van der Waals surface area (Å²) in [6.45, 7) is 4.79. The Hall–Kier alpha value is -8.40. The van der Waals surface area contributed by atoms with E-state index in [4.69, 9.17) is 0 Å². The van der Waals surface area contributed by atoms with Crippen molar-refractivity contribution < 1.29 is 0 Å². The molecule has 3 heterocycles. The molecule has 66 heavy (non-hydrogen) atoms. The molecule has 0 radical (unpaired) electrons. The predicted molar refractivity (Wildman–Crippen MR) is 279 cm³/mol. The highest BCUT2D eigenvalue weighted by Gasteiger charge is 2.36. The first-order valence-electron chi connectivity index (χ1n) is 23.0. The van der Waals surface area contributed by atoms with Crippen molar-refractivity contribution in [1.82, 2.24) is 8.97 Å². The molecule has 0 fully saturated rings. The third kappa shape index (κ3) is 5.26. The number of rotatable bonds is 6. The van der Waals surface area contributed by atoms with Crippen LogP contribution in [0, 0.1) is 0 Å². The van der Waals surface area contributed by atoms with Gasteiger partial charge in [0.15, 0.2) is 0 Å². The van der Waals surface area contributed by atoms with Gasteiger partial charge in [0.2, 0.25) is 0 Å². The quantitative estimate of drug-likeness (QED) is 0.162. The molecular formula is C63H43N3. The summed E-state index contributed by atoms with van der Waals surface area (Å²) in [4.78, 5) is 2.42. The number of nitrogens with zero attached hydrogens (tertiary/aromatic N) is 3. The Morgan fingerprint density at radius 3 is 1.48 bits per heavy atom. The standard InChI is InChI=1S/C63H43N3/c1-63(2)56-37-42(43-26-35-53-55-19-12-18-54-52-17-8-11-22-60(52)66(62(54)55)61(53)38-43)25-34-48(56)49-36-33-47(39-57(49)63)64(44-27-23-41(24-28-44)40-13-4-3-5-14-40)45-29-31-46(32-30-45)65-58-20-9-6-15-50(58)51-16-7-10-21-59(51)65/h3-39H,1-2H3. The zero-order valence-corrected chi connectivity index (χ0v) is 36.7. The molecule has 1 aliphatic carbocycles. The molecule has 10 aromatic carbocycles. The molecule has 0 saturated heterocycles. The van der Waals surface area contributed by atoms with E-state index in [1.807, 2.05) is 0 Å². The minimum absolute atomic E-state index is 0.227. The second-order valence-corrected chi connectivity index (χ2v) is 18.5. The van der Waals surface area contributed by atoms with E-state index < -0.39 is 0 Å². The molecular weight excluding hydrogens is 799 g/mol. The highest BCUT2D eigenvalue weighted by atomic mass is 15.1.